The van der Waals surface area contributed by atoms with Gasteiger partial charge in [-0.05, 0) is 59.9 Å². The van der Waals surface area contributed by atoms with E-state index in [4.69, 9.17) is 4.74 Å². The predicted octanol–water partition coefficient (Wildman–Crippen LogP) is 5.82. The van der Waals surface area contributed by atoms with Gasteiger partial charge in [0.25, 0.3) is 11.8 Å². The van der Waals surface area contributed by atoms with Gasteiger partial charge in [-0.15, -0.1) is 0 Å². The van der Waals surface area contributed by atoms with Crippen molar-refractivity contribution in [2.75, 3.05) is 20.2 Å². The third-order valence-corrected chi connectivity index (χ3v) is 7.04. The molecule has 0 bridgehead atoms. The van der Waals surface area contributed by atoms with Crippen LogP contribution < -0.4 is 4.74 Å². The molecule has 1 aliphatic heterocycles. The van der Waals surface area contributed by atoms with Gasteiger partial charge in [0.05, 0.1) is 6.04 Å². The van der Waals surface area contributed by atoms with Gasteiger partial charge in [-0.3, -0.25) is 9.59 Å². The van der Waals surface area contributed by atoms with E-state index in [-0.39, 0.29) is 24.5 Å². The average molecular weight is 505 g/mol. The zero-order chi connectivity index (χ0) is 26.5. The molecule has 5 rings (SSSR count). The molecule has 0 saturated heterocycles. The number of amides is 2. The highest BCUT2D eigenvalue weighted by molar-refractivity contribution is 5.95. The summed E-state index contributed by atoms with van der Waals surface area (Å²) in [6, 6.07) is 33.4. The second-order valence-corrected chi connectivity index (χ2v) is 9.82. The molecule has 1 heterocycles. The number of fused-ring (bicyclic) bond motifs is 1. The molecule has 4 aromatic carbocycles. The second kappa shape index (κ2) is 11.3. The maximum absolute atomic E-state index is 13.6. The topological polar surface area (TPSA) is 49.9 Å². The molecule has 192 valence electrons. The minimum atomic E-state index is -0.244. The molecule has 2 amide bonds. The van der Waals surface area contributed by atoms with Crippen LogP contribution in [-0.4, -0.2) is 41.8 Å². The van der Waals surface area contributed by atoms with Gasteiger partial charge in [0.15, 0.2) is 6.61 Å². The first-order valence-electron chi connectivity index (χ1n) is 13.0. The van der Waals surface area contributed by atoms with E-state index >= 15 is 0 Å². The smallest absolute Gasteiger partial charge is 0.260 e. The van der Waals surface area contributed by atoms with Gasteiger partial charge in [-0.25, -0.2) is 0 Å². The number of ether oxygens (including phenoxy) is 1. The summed E-state index contributed by atoms with van der Waals surface area (Å²) < 4.78 is 5.99. The number of likely N-dealkylation sites (N-methyl/N-ethyl adjacent to an activating group) is 1. The lowest BCUT2D eigenvalue weighted by Crippen LogP contribution is -2.40. The van der Waals surface area contributed by atoms with E-state index in [2.05, 4.69) is 31.2 Å². The first-order chi connectivity index (χ1) is 18.5. The third-order valence-electron chi connectivity index (χ3n) is 7.04. The molecular formula is C33H32N2O3. The molecule has 5 heteroatoms. The van der Waals surface area contributed by atoms with Crippen LogP contribution in [0.15, 0.2) is 103 Å². The number of benzene rings is 4. The quantitative estimate of drug-likeness (QED) is 0.319. The van der Waals surface area contributed by atoms with Crippen LogP contribution in [0.3, 0.4) is 0 Å². The molecule has 0 aromatic heterocycles. The minimum Gasteiger partial charge on any atom is -0.484 e. The van der Waals surface area contributed by atoms with Gasteiger partial charge >= 0.3 is 0 Å². The fourth-order valence-corrected chi connectivity index (χ4v) is 5.05. The third kappa shape index (κ3) is 5.62. The summed E-state index contributed by atoms with van der Waals surface area (Å²) in [5.41, 5.74) is 6.17. The first-order valence-corrected chi connectivity index (χ1v) is 13.0. The van der Waals surface area contributed by atoms with Crippen LogP contribution in [-0.2, 0) is 17.8 Å². The molecule has 1 aliphatic rings. The summed E-state index contributed by atoms with van der Waals surface area (Å²) in [4.78, 5) is 30.1. The number of nitrogens with zero attached hydrogens (tertiary/aromatic N) is 2. The van der Waals surface area contributed by atoms with Gasteiger partial charge < -0.3 is 14.5 Å². The lowest BCUT2D eigenvalue weighted by Gasteiger charge is -2.38. The van der Waals surface area contributed by atoms with Crippen LogP contribution in [0.2, 0.25) is 0 Å². The van der Waals surface area contributed by atoms with Crippen LogP contribution in [0.4, 0.5) is 0 Å². The fraction of sp³-hybridized carbons (Fsp3) is 0.212. The molecular weight excluding hydrogens is 472 g/mol. The Balaban J connectivity index is 1.40. The SMILES string of the molecule is Cc1cccc([C@H]2c3cc(OCC(=O)N(C)Cc4ccccc4)ccc3CCN2C(=O)c2ccccc2)c1. The molecule has 0 unspecified atom stereocenters. The second-order valence-electron chi connectivity index (χ2n) is 9.82. The number of hydrogen-bond acceptors (Lipinski definition) is 3. The zero-order valence-electron chi connectivity index (χ0n) is 21.8. The van der Waals surface area contributed by atoms with Crippen molar-refractivity contribution in [1.29, 1.82) is 0 Å². The van der Waals surface area contributed by atoms with Gasteiger partial charge in [0.2, 0.25) is 0 Å². The van der Waals surface area contributed by atoms with Crippen LogP contribution in [0.5, 0.6) is 5.75 Å². The predicted molar refractivity (Wildman–Crippen MR) is 149 cm³/mol. The fourth-order valence-electron chi connectivity index (χ4n) is 5.05. The summed E-state index contributed by atoms with van der Waals surface area (Å²) in [5, 5.41) is 0. The summed E-state index contributed by atoms with van der Waals surface area (Å²) >= 11 is 0. The van der Waals surface area contributed by atoms with Crippen molar-refractivity contribution in [3.8, 4) is 5.75 Å². The van der Waals surface area contributed by atoms with Crippen molar-refractivity contribution in [2.24, 2.45) is 0 Å². The van der Waals surface area contributed by atoms with E-state index in [1.807, 2.05) is 83.8 Å². The van der Waals surface area contributed by atoms with E-state index in [0.717, 1.165) is 28.7 Å². The lowest BCUT2D eigenvalue weighted by atomic mass is 9.87. The Morgan fingerprint density at radius 2 is 1.63 bits per heavy atom. The van der Waals surface area contributed by atoms with Crippen molar-refractivity contribution >= 4 is 11.8 Å². The molecule has 0 aliphatic carbocycles. The Morgan fingerprint density at radius 1 is 0.895 bits per heavy atom. The van der Waals surface area contributed by atoms with Crippen molar-refractivity contribution < 1.29 is 14.3 Å². The maximum Gasteiger partial charge on any atom is 0.260 e. The van der Waals surface area contributed by atoms with E-state index < -0.39 is 0 Å². The summed E-state index contributed by atoms with van der Waals surface area (Å²) in [6.45, 7) is 3.17. The largest absolute Gasteiger partial charge is 0.484 e. The minimum absolute atomic E-state index is 0.00629. The number of carbonyl (C=O) groups excluding carboxylic acids is 2. The summed E-state index contributed by atoms with van der Waals surface area (Å²) in [6.07, 6.45) is 0.759. The number of aryl methyl sites for hydroxylation is 1. The highest BCUT2D eigenvalue weighted by atomic mass is 16.5. The lowest BCUT2D eigenvalue weighted by molar-refractivity contribution is -0.132. The molecule has 0 saturated carbocycles. The molecule has 0 radical (unpaired) electrons. The standard InChI is InChI=1S/C33H32N2O3/c1-24-10-9-15-28(20-24)32-30-21-29(38-23-31(36)34(2)22-25-11-5-3-6-12-25)17-16-26(30)18-19-35(32)33(37)27-13-7-4-8-14-27/h3-17,20-21,32H,18-19,22-23H2,1-2H3/t32-/m0/s1. The van der Waals surface area contributed by atoms with E-state index in [1.165, 1.54) is 5.56 Å². The van der Waals surface area contributed by atoms with Crippen molar-refractivity contribution in [3.63, 3.8) is 0 Å². The molecule has 4 aromatic rings. The molecule has 1 atom stereocenters. The molecule has 38 heavy (non-hydrogen) atoms. The highest BCUT2D eigenvalue weighted by Gasteiger charge is 2.33. The van der Waals surface area contributed by atoms with Crippen molar-refractivity contribution in [2.45, 2.75) is 25.9 Å². The number of carbonyl (C=O) groups is 2. The average Bonchev–Trinajstić information content (AvgIpc) is 2.95. The molecule has 0 fully saturated rings. The van der Waals surface area contributed by atoms with Crippen molar-refractivity contribution in [1.82, 2.24) is 9.80 Å². The summed E-state index contributed by atoms with van der Waals surface area (Å²) in [5.74, 6) is 0.534. The van der Waals surface area contributed by atoms with E-state index in [9.17, 15) is 9.59 Å². The molecule has 5 nitrogen and oxygen atoms in total. The maximum atomic E-state index is 13.6. The van der Waals surface area contributed by atoms with E-state index in [1.54, 1.807) is 11.9 Å². The van der Waals surface area contributed by atoms with Gasteiger partial charge in [0, 0.05) is 25.7 Å². The van der Waals surface area contributed by atoms with Crippen molar-refractivity contribution in [3.05, 3.63) is 137 Å². The van der Waals surface area contributed by atoms with Crippen LogP contribution in [0.1, 0.15) is 44.2 Å². The number of hydrogen-bond donors (Lipinski definition) is 0. The summed E-state index contributed by atoms with van der Waals surface area (Å²) in [7, 11) is 1.78. The van der Waals surface area contributed by atoms with E-state index in [0.29, 0.717) is 24.4 Å². The Kier molecular flexibility index (Phi) is 7.55. The highest BCUT2D eigenvalue weighted by Crippen LogP contribution is 2.38. The van der Waals surface area contributed by atoms with Crippen LogP contribution >= 0.6 is 0 Å². The van der Waals surface area contributed by atoms with Crippen LogP contribution in [0.25, 0.3) is 0 Å². The van der Waals surface area contributed by atoms with Gasteiger partial charge in [-0.2, -0.15) is 0 Å². The van der Waals surface area contributed by atoms with Gasteiger partial charge in [0.1, 0.15) is 5.75 Å². The molecule has 0 N–H and O–H groups in total. The Labute approximate surface area is 224 Å². The monoisotopic (exact) mass is 504 g/mol. The Morgan fingerprint density at radius 3 is 2.37 bits per heavy atom. The zero-order valence-corrected chi connectivity index (χ0v) is 21.8. The number of rotatable bonds is 7. The molecule has 0 spiro atoms. The first kappa shape index (κ1) is 25.3. The Hall–Kier alpha value is -4.38. The van der Waals surface area contributed by atoms with Crippen LogP contribution in [0, 0.1) is 6.92 Å². The van der Waals surface area contributed by atoms with Gasteiger partial charge in [-0.1, -0.05) is 84.4 Å². The Bertz CT molecular complexity index is 1420. The normalized spacial score (nSPS) is 14.5.